The molecule has 0 bridgehead atoms. The third-order valence-corrected chi connectivity index (χ3v) is 3.20. The van der Waals surface area contributed by atoms with Crippen molar-refractivity contribution in [2.24, 2.45) is 0 Å². The molecule has 1 heterocycles. The van der Waals surface area contributed by atoms with Crippen molar-refractivity contribution in [3.63, 3.8) is 0 Å². The molecule has 0 aliphatic carbocycles. The molecule has 21 heavy (non-hydrogen) atoms. The molecule has 0 aromatic heterocycles. The smallest absolute Gasteiger partial charge is 0.334 e. The topological polar surface area (TPSA) is 76.1 Å². The lowest BCUT2D eigenvalue weighted by Crippen LogP contribution is -2.48. The first-order chi connectivity index (χ1) is 10.1. The number of para-hydroxylation sites is 1. The van der Waals surface area contributed by atoms with Crippen molar-refractivity contribution in [1.29, 1.82) is 0 Å². The Morgan fingerprint density at radius 2 is 2.19 bits per heavy atom. The van der Waals surface area contributed by atoms with Crippen molar-refractivity contribution in [2.45, 2.75) is 6.10 Å². The molecule has 0 unspecified atom stereocenters. The molecule has 6 heteroatoms. The molecule has 0 spiro atoms. The Hall–Kier alpha value is -2.34. The van der Waals surface area contributed by atoms with E-state index in [0.717, 1.165) is 5.56 Å². The molecular weight excluding hydrogens is 274 g/mol. The van der Waals surface area contributed by atoms with E-state index in [1.165, 1.54) is 11.0 Å². The van der Waals surface area contributed by atoms with Gasteiger partial charge < -0.3 is 19.5 Å². The van der Waals surface area contributed by atoms with Crippen LogP contribution in [0.15, 0.2) is 30.3 Å². The van der Waals surface area contributed by atoms with Gasteiger partial charge in [0, 0.05) is 18.2 Å². The van der Waals surface area contributed by atoms with Gasteiger partial charge in [-0.15, -0.1) is 0 Å². The minimum absolute atomic E-state index is 0.0600. The molecule has 6 nitrogen and oxygen atoms in total. The summed E-state index contributed by atoms with van der Waals surface area (Å²) in [6.45, 7) is 0.675. The Kier molecular flexibility index (Phi) is 4.94. The summed E-state index contributed by atoms with van der Waals surface area (Å²) in [5.41, 5.74) is 0.788. The van der Waals surface area contributed by atoms with Crippen LogP contribution in [0.2, 0.25) is 0 Å². The molecule has 1 aromatic rings. The van der Waals surface area contributed by atoms with Crippen molar-refractivity contribution >= 4 is 18.0 Å². The van der Waals surface area contributed by atoms with Crippen LogP contribution < -0.4 is 4.74 Å². The molecular formula is C15H17NO5. The molecule has 1 aliphatic rings. The van der Waals surface area contributed by atoms with E-state index in [2.05, 4.69) is 0 Å². The number of hydrogen-bond acceptors (Lipinski definition) is 4. The maximum atomic E-state index is 12.1. The van der Waals surface area contributed by atoms with Crippen LogP contribution >= 0.6 is 0 Å². The molecule has 112 valence electrons. The molecule has 0 radical (unpaired) electrons. The van der Waals surface area contributed by atoms with E-state index in [9.17, 15) is 9.59 Å². The first-order valence-electron chi connectivity index (χ1n) is 6.56. The standard InChI is InChI=1S/C15H17NO5/c1-20-12-5-3-2-4-11(12)6-7-14(17)16-8-9-21-13(10-16)15(18)19/h2-7,13H,8-10H2,1H3,(H,18,19)/b7-6+/t13-/m0/s1. The van der Waals surface area contributed by atoms with Crippen LogP contribution in [-0.2, 0) is 14.3 Å². The number of carboxylic acids is 1. The van der Waals surface area contributed by atoms with Gasteiger partial charge in [0.1, 0.15) is 5.75 Å². The fourth-order valence-electron chi connectivity index (χ4n) is 2.07. The Balaban J connectivity index is 2.03. The van der Waals surface area contributed by atoms with Crippen LogP contribution in [0.1, 0.15) is 5.56 Å². The predicted molar refractivity (Wildman–Crippen MR) is 76.0 cm³/mol. The van der Waals surface area contributed by atoms with Gasteiger partial charge in [-0.25, -0.2) is 4.79 Å². The fourth-order valence-corrected chi connectivity index (χ4v) is 2.07. The van der Waals surface area contributed by atoms with E-state index in [-0.39, 0.29) is 19.1 Å². The minimum atomic E-state index is -1.05. The molecule has 0 saturated carbocycles. The van der Waals surface area contributed by atoms with Gasteiger partial charge in [-0.2, -0.15) is 0 Å². The summed E-state index contributed by atoms with van der Waals surface area (Å²) < 4.78 is 10.3. The SMILES string of the molecule is COc1ccccc1/C=C/C(=O)N1CCO[C@H](C(=O)O)C1. The lowest BCUT2D eigenvalue weighted by molar-refractivity contribution is -0.158. The summed E-state index contributed by atoms with van der Waals surface area (Å²) in [4.78, 5) is 24.4. The minimum Gasteiger partial charge on any atom is -0.496 e. The van der Waals surface area contributed by atoms with Gasteiger partial charge >= 0.3 is 5.97 Å². The Labute approximate surface area is 122 Å². The van der Waals surface area contributed by atoms with Gasteiger partial charge in [-0.3, -0.25) is 4.79 Å². The Morgan fingerprint density at radius 1 is 1.43 bits per heavy atom. The monoisotopic (exact) mass is 291 g/mol. The zero-order chi connectivity index (χ0) is 15.2. The van der Waals surface area contributed by atoms with Gasteiger partial charge in [0.2, 0.25) is 5.91 Å². The van der Waals surface area contributed by atoms with Crippen LogP contribution in [0.3, 0.4) is 0 Å². The molecule has 1 saturated heterocycles. The third kappa shape index (κ3) is 3.82. The zero-order valence-corrected chi connectivity index (χ0v) is 11.7. The number of morpholine rings is 1. The van der Waals surface area contributed by atoms with Crippen molar-refractivity contribution in [2.75, 3.05) is 26.8 Å². The highest BCUT2D eigenvalue weighted by Crippen LogP contribution is 2.18. The molecule has 2 rings (SSSR count). The second-order valence-electron chi connectivity index (χ2n) is 4.56. The lowest BCUT2D eigenvalue weighted by Gasteiger charge is -2.30. The Bertz CT molecular complexity index is 555. The molecule has 1 fully saturated rings. The summed E-state index contributed by atoms with van der Waals surface area (Å²) in [5, 5.41) is 8.92. The van der Waals surface area contributed by atoms with Crippen LogP contribution in [0.25, 0.3) is 6.08 Å². The van der Waals surface area contributed by atoms with Gasteiger partial charge in [-0.05, 0) is 12.1 Å². The van der Waals surface area contributed by atoms with E-state index in [0.29, 0.717) is 12.3 Å². The van der Waals surface area contributed by atoms with Gasteiger partial charge in [0.05, 0.1) is 20.3 Å². The summed E-state index contributed by atoms with van der Waals surface area (Å²) in [5.74, 6) is -0.622. The number of nitrogens with zero attached hydrogens (tertiary/aromatic N) is 1. The van der Waals surface area contributed by atoms with Crippen molar-refractivity contribution in [3.8, 4) is 5.75 Å². The van der Waals surface area contributed by atoms with Crippen LogP contribution in [-0.4, -0.2) is 54.8 Å². The Morgan fingerprint density at radius 3 is 2.90 bits per heavy atom. The van der Waals surface area contributed by atoms with Crippen molar-refractivity contribution in [3.05, 3.63) is 35.9 Å². The number of rotatable bonds is 4. The highest BCUT2D eigenvalue weighted by atomic mass is 16.5. The molecule has 1 N–H and O–H groups in total. The highest BCUT2D eigenvalue weighted by Gasteiger charge is 2.27. The van der Waals surface area contributed by atoms with Crippen LogP contribution in [0.4, 0.5) is 0 Å². The summed E-state index contributed by atoms with van der Waals surface area (Å²) in [6.07, 6.45) is 2.12. The van der Waals surface area contributed by atoms with E-state index < -0.39 is 12.1 Å². The average Bonchev–Trinajstić information content (AvgIpc) is 2.52. The maximum Gasteiger partial charge on any atom is 0.334 e. The molecule has 1 aliphatic heterocycles. The van der Waals surface area contributed by atoms with E-state index in [1.807, 2.05) is 18.2 Å². The fraction of sp³-hybridized carbons (Fsp3) is 0.333. The first-order valence-corrected chi connectivity index (χ1v) is 6.56. The quantitative estimate of drug-likeness (QED) is 0.838. The number of hydrogen-bond donors (Lipinski definition) is 1. The maximum absolute atomic E-state index is 12.1. The zero-order valence-electron chi connectivity index (χ0n) is 11.7. The number of aliphatic carboxylic acids is 1. The lowest BCUT2D eigenvalue weighted by atomic mass is 10.2. The van der Waals surface area contributed by atoms with Crippen molar-refractivity contribution < 1.29 is 24.2 Å². The third-order valence-electron chi connectivity index (χ3n) is 3.20. The summed E-state index contributed by atoms with van der Waals surface area (Å²) in [7, 11) is 1.56. The normalized spacial score (nSPS) is 18.7. The first kappa shape index (κ1) is 15.1. The second-order valence-corrected chi connectivity index (χ2v) is 4.56. The van der Waals surface area contributed by atoms with Crippen LogP contribution in [0, 0.1) is 0 Å². The largest absolute Gasteiger partial charge is 0.496 e. The number of amides is 1. The number of carboxylic acid groups (broad SMARTS) is 1. The van der Waals surface area contributed by atoms with Crippen LogP contribution in [0.5, 0.6) is 5.75 Å². The summed E-state index contributed by atoms with van der Waals surface area (Å²) in [6, 6.07) is 7.33. The highest BCUT2D eigenvalue weighted by molar-refractivity contribution is 5.92. The predicted octanol–water partition coefficient (Wildman–Crippen LogP) is 1.02. The van der Waals surface area contributed by atoms with E-state index in [1.54, 1.807) is 19.3 Å². The summed E-state index contributed by atoms with van der Waals surface area (Å²) >= 11 is 0. The van der Waals surface area contributed by atoms with Gasteiger partial charge in [-0.1, -0.05) is 18.2 Å². The number of ether oxygens (including phenoxy) is 2. The number of methoxy groups -OCH3 is 1. The van der Waals surface area contributed by atoms with Gasteiger partial charge in [0.15, 0.2) is 6.10 Å². The molecule has 1 aromatic carbocycles. The number of benzene rings is 1. The number of carbonyl (C=O) groups excluding carboxylic acids is 1. The van der Waals surface area contributed by atoms with Gasteiger partial charge in [0.25, 0.3) is 0 Å². The second kappa shape index (κ2) is 6.90. The van der Waals surface area contributed by atoms with E-state index in [4.69, 9.17) is 14.6 Å². The average molecular weight is 291 g/mol. The molecule has 1 amide bonds. The van der Waals surface area contributed by atoms with E-state index >= 15 is 0 Å². The number of carbonyl (C=O) groups is 2. The van der Waals surface area contributed by atoms with Crippen molar-refractivity contribution in [1.82, 2.24) is 4.90 Å². The molecule has 1 atom stereocenters.